The fourth-order valence-electron chi connectivity index (χ4n) is 3.04. The van der Waals surface area contributed by atoms with Gasteiger partial charge in [0.2, 0.25) is 0 Å². The topological polar surface area (TPSA) is 97.2 Å². The van der Waals surface area contributed by atoms with Gasteiger partial charge < -0.3 is 14.6 Å². The first-order valence-electron chi connectivity index (χ1n) is 9.56. The highest BCUT2D eigenvalue weighted by Crippen LogP contribution is 2.62. The Morgan fingerprint density at radius 1 is 1.37 bits per heavy atom. The summed E-state index contributed by atoms with van der Waals surface area (Å²) in [5.41, 5.74) is -0.845. The molecule has 0 saturated heterocycles. The van der Waals surface area contributed by atoms with Crippen molar-refractivity contribution < 1.29 is 24.2 Å². The van der Waals surface area contributed by atoms with Crippen molar-refractivity contribution in [2.24, 2.45) is 10.9 Å². The second-order valence-electron chi connectivity index (χ2n) is 8.65. The number of ether oxygens (including phenoxy) is 2. The van der Waals surface area contributed by atoms with Gasteiger partial charge in [0.15, 0.2) is 5.04 Å². The molecule has 3 unspecified atom stereocenters. The Bertz CT molecular complexity index is 609. The van der Waals surface area contributed by atoms with Crippen LogP contribution in [0.1, 0.15) is 33.1 Å². The van der Waals surface area contributed by atoms with Crippen LogP contribution in [-0.4, -0.2) is 60.5 Å². The summed E-state index contributed by atoms with van der Waals surface area (Å²) >= 11 is 1.03. The number of fused-ring (bicyclic) bond motifs is 1. The van der Waals surface area contributed by atoms with Gasteiger partial charge in [-0.3, -0.25) is 10.1 Å². The molecule has 0 radical (unpaired) electrons. The molecule has 2 N–H and O–H groups in total. The minimum Gasteiger partial charge on any atom is -0.480 e. The van der Waals surface area contributed by atoms with Gasteiger partial charge in [0, 0.05) is 20.6 Å². The van der Waals surface area contributed by atoms with Crippen LogP contribution in [-0.2, 0) is 19.1 Å². The highest BCUT2D eigenvalue weighted by molar-refractivity contribution is 8.17. The Kier molecular flexibility index (Phi) is 7.15. The van der Waals surface area contributed by atoms with Crippen LogP contribution >= 0.6 is 11.8 Å². The molecule has 7 nitrogen and oxygen atoms in total. The molecule has 1 saturated carbocycles. The van der Waals surface area contributed by atoms with Crippen LogP contribution in [0.4, 0.5) is 0 Å². The Labute approximate surface area is 166 Å². The molecule has 27 heavy (non-hydrogen) atoms. The molecule has 0 spiro atoms. The molecule has 9 heteroatoms. The molecule has 154 valence electrons. The van der Waals surface area contributed by atoms with Crippen LogP contribution < -0.4 is 5.32 Å². The van der Waals surface area contributed by atoms with Crippen molar-refractivity contribution in [2.45, 2.75) is 69.2 Å². The molecule has 1 fully saturated rings. The van der Waals surface area contributed by atoms with Gasteiger partial charge in [0.1, 0.15) is 10.4 Å². The van der Waals surface area contributed by atoms with Gasteiger partial charge in [-0.25, -0.2) is 9.79 Å². The van der Waals surface area contributed by atoms with Crippen molar-refractivity contribution in [2.75, 3.05) is 19.9 Å². The predicted molar refractivity (Wildman–Crippen MR) is 110 cm³/mol. The SMILES string of the molecule is CCCCOC(=O)C1=NC(C)(NCOCC[Si](C)(C)C)C2CC2(C(=O)O)S1. The van der Waals surface area contributed by atoms with Crippen molar-refractivity contribution in [3.63, 3.8) is 0 Å². The standard InChI is InChI=1S/C18H32N2O5SSi/c1-6-7-8-25-15(21)14-20-17(2,13-11-18(13,26-14)16(22)23)19-12-24-9-10-27(3,4)5/h13,19H,6-12H2,1-5H3,(H,22,23). The Morgan fingerprint density at radius 3 is 2.67 bits per heavy atom. The number of aliphatic imine (C=N–C) groups is 1. The second-order valence-corrected chi connectivity index (χ2v) is 15.6. The molecule has 3 atom stereocenters. The van der Waals surface area contributed by atoms with E-state index in [9.17, 15) is 14.7 Å². The Balaban J connectivity index is 2.02. The molecular formula is C18H32N2O5SSi. The van der Waals surface area contributed by atoms with E-state index in [0.29, 0.717) is 19.6 Å². The molecule has 1 aliphatic heterocycles. The highest BCUT2D eigenvalue weighted by atomic mass is 32.2. The van der Waals surface area contributed by atoms with Crippen LogP contribution in [0.25, 0.3) is 0 Å². The number of unbranched alkanes of at least 4 members (excludes halogenated alkanes) is 1. The maximum Gasteiger partial charge on any atom is 0.363 e. The second kappa shape index (κ2) is 8.63. The summed E-state index contributed by atoms with van der Waals surface area (Å²) in [5, 5.41) is 13.1. The van der Waals surface area contributed by atoms with Gasteiger partial charge in [-0.2, -0.15) is 0 Å². The van der Waals surface area contributed by atoms with Gasteiger partial charge in [-0.15, -0.1) is 0 Å². The van der Waals surface area contributed by atoms with Gasteiger partial charge in [0.25, 0.3) is 0 Å². The van der Waals surface area contributed by atoms with E-state index in [2.05, 4.69) is 30.0 Å². The molecule has 0 aromatic heterocycles. The minimum absolute atomic E-state index is 0.138. The van der Waals surface area contributed by atoms with E-state index < -0.39 is 30.4 Å². The minimum atomic E-state index is -1.16. The van der Waals surface area contributed by atoms with Crippen molar-refractivity contribution in [3.8, 4) is 0 Å². The van der Waals surface area contributed by atoms with E-state index in [-0.39, 0.29) is 17.7 Å². The summed E-state index contributed by atoms with van der Waals surface area (Å²) in [5.74, 6) is -1.62. The average Bonchev–Trinajstić information content (AvgIpc) is 3.31. The number of rotatable bonds is 11. The monoisotopic (exact) mass is 416 g/mol. The molecule has 1 heterocycles. The van der Waals surface area contributed by atoms with Crippen LogP contribution in [0.2, 0.25) is 25.7 Å². The van der Waals surface area contributed by atoms with E-state index in [1.165, 1.54) is 0 Å². The summed E-state index contributed by atoms with van der Waals surface area (Å²) < 4.78 is 9.95. The lowest BCUT2D eigenvalue weighted by molar-refractivity contribution is -0.137. The first-order valence-corrected chi connectivity index (χ1v) is 14.1. The predicted octanol–water partition coefficient (Wildman–Crippen LogP) is 2.94. The number of esters is 1. The quantitative estimate of drug-likeness (QED) is 0.231. The number of hydrogen-bond acceptors (Lipinski definition) is 7. The Morgan fingerprint density at radius 2 is 2.07 bits per heavy atom. The number of nitrogens with one attached hydrogen (secondary N) is 1. The smallest absolute Gasteiger partial charge is 0.363 e. The van der Waals surface area contributed by atoms with Crippen molar-refractivity contribution >= 4 is 36.8 Å². The first-order chi connectivity index (χ1) is 12.5. The first kappa shape index (κ1) is 22.4. The van der Waals surface area contributed by atoms with Gasteiger partial charge in [0.05, 0.1) is 13.3 Å². The maximum atomic E-state index is 12.4. The summed E-state index contributed by atoms with van der Waals surface area (Å²) in [6.07, 6.45) is 2.17. The Hall–Kier alpha value is -0.903. The van der Waals surface area contributed by atoms with Crippen LogP contribution in [0, 0.1) is 5.92 Å². The van der Waals surface area contributed by atoms with E-state index in [1.807, 2.05) is 13.8 Å². The average molecular weight is 417 g/mol. The van der Waals surface area contributed by atoms with E-state index in [0.717, 1.165) is 30.6 Å². The van der Waals surface area contributed by atoms with Crippen molar-refractivity contribution in [1.29, 1.82) is 0 Å². The number of hydrogen-bond donors (Lipinski definition) is 2. The zero-order chi connectivity index (χ0) is 20.3. The van der Waals surface area contributed by atoms with E-state index >= 15 is 0 Å². The normalized spacial score (nSPS) is 29.7. The lowest BCUT2D eigenvalue weighted by Crippen LogP contribution is -2.50. The summed E-state index contributed by atoms with van der Waals surface area (Å²) in [4.78, 5) is 28.7. The number of thioether (sulfide) groups is 1. The number of carbonyl (C=O) groups excluding carboxylic acids is 1. The number of aliphatic carboxylic acids is 1. The lowest BCUT2D eigenvalue weighted by Gasteiger charge is -2.33. The van der Waals surface area contributed by atoms with Crippen molar-refractivity contribution in [1.82, 2.24) is 5.32 Å². The zero-order valence-electron chi connectivity index (χ0n) is 17.0. The van der Waals surface area contributed by atoms with Gasteiger partial charge >= 0.3 is 11.9 Å². The molecule has 2 aliphatic rings. The molecule has 2 rings (SSSR count). The van der Waals surface area contributed by atoms with Crippen molar-refractivity contribution in [3.05, 3.63) is 0 Å². The molecule has 1 aliphatic carbocycles. The summed E-state index contributed by atoms with van der Waals surface area (Å²) in [6.45, 7) is 12.0. The van der Waals surface area contributed by atoms with Crippen LogP contribution in [0.3, 0.4) is 0 Å². The number of nitrogens with zero attached hydrogens (tertiary/aromatic N) is 1. The molecule has 0 aromatic carbocycles. The summed E-state index contributed by atoms with van der Waals surface area (Å²) in [6, 6.07) is 1.06. The summed E-state index contributed by atoms with van der Waals surface area (Å²) in [7, 11) is -1.16. The molecule has 0 aromatic rings. The van der Waals surface area contributed by atoms with E-state index in [1.54, 1.807) is 0 Å². The van der Waals surface area contributed by atoms with Gasteiger partial charge in [-0.1, -0.05) is 44.7 Å². The van der Waals surface area contributed by atoms with Crippen LogP contribution in [0.5, 0.6) is 0 Å². The number of carboxylic acid groups (broad SMARTS) is 1. The molecule has 0 bridgehead atoms. The zero-order valence-corrected chi connectivity index (χ0v) is 18.8. The third-order valence-corrected chi connectivity index (χ3v) is 8.14. The fourth-order valence-corrected chi connectivity index (χ4v) is 5.23. The number of carbonyl (C=O) groups is 2. The third kappa shape index (κ3) is 5.55. The largest absolute Gasteiger partial charge is 0.480 e. The fraction of sp³-hybridized carbons (Fsp3) is 0.833. The lowest BCUT2D eigenvalue weighted by atomic mass is 10.1. The van der Waals surface area contributed by atoms with Crippen LogP contribution in [0.15, 0.2) is 4.99 Å². The molecule has 0 amide bonds. The van der Waals surface area contributed by atoms with E-state index in [4.69, 9.17) is 9.47 Å². The molecular weight excluding hydrogens is 384 g/mol. The van der Waals surface area contributed by atoms with Gasteiger partial charge in [-0.05, 0) is 25.8 Å². The number of carboxylic acids is 1. The maximum absolute atomic E-state index is 12.4. The third-order valence-electron chi connectivity index (χ3n) is 5.00. The highest BCUT2D eigenvalue weighted by Gasteiger charge is 2.71.